The minimum atomic E-state index is -0.237. The van der Waals surface area contributed by atoms with Crippen LogP contribution >= 0.6 is 0 Å². The van der Waals surface area contributed by atoms with E-state index in [4.69, 9.17) is 0 Å². The first kappa shape index (κ1) is 15.8. The third-order valence-electron chi connectivity index (χ3n) is 3.44. The van der Waals surface area contributed by atoms with Crippen molar-refractivity contribution in [3.05, 3.63) is 46.9 Å². The van der Waals surface area contributed by atoms with Gasteiger partial charge in [0.25, 0.3) is 5.56 Å². The van der Waals surface area contributed by atoms with E-state index >= 15 is 0 Å². The molecule has 0 aliphatic rings. The molecule has 0 aliphatic heterocycles. The molecule has 0 atom stereocenters. The minimum Gasteiger partial charge on any atom is -0.369 e. The van der Waals surface area contributed by atoms with Crippen LogP contribution in [-0.2, 0) is 6.54 Å². The Hall–Kier alpha value is -3.09. The number of benzene rings is 1. The second-order valence-electron chi connectivity index (χ2n) is 5.46. The van der Waals surface area contributed by atoms with Gasteiger partial charge in [0, 0.05) is 26.2 Å². The van der Waals surface area contributed by atoms with E-state index < -0.39 is 0 Å². The van der Waals surface area contributed by atoms with Gasteiger partial charge in [0.1, 0.15) is 0 Å². The molecular formula is C17H18N6O. The molecule has 0 fully saturated rings. The van der Waals surface area contributed by atoms with Crippen molar-refractivity contribution in [1.82, 2.24) is 24.4 Å². The Morgan fingerprint density at radius 1 is 1.21 bits per heavy atom. The van der Waals surface area contributed by atoms with Gasteiger partial charge in [-0.3, -0.25) is 9.36 Å². The summed E-state index contributed by atoms with van der Waals surface area (Å²) in [5.41, 5.74) is 1.87. The van der Waals surface area contributed by atoms with Crippen LogP contribution in [-0.4, -0.2) is 44.9 Å². The number of hydrogen-bond donors (Lipinski definition) is 0. The highest BCUT2D eigenvalue weighted by molar-refractivity contribution is 5.74. The maximum absolute atomic E-state index is 12.7. The van der Waals surface area contributed by atoms with Crippen LogP contribution < -0.4 is 5.56 Å². The Kier molecular flexibility index (Phi) is 4.33. The van der Waals surface area contributed by atoms with Crippen molar-refractivity contribution >= 4 is 23.5 Å². The summed E-state index contributed by atoms with van der Waals surface area (Å²) in [4.78, 5) is 31.9. The van der Waals surface area contributed by atoms with Gasteiger partial charge in [0.15, 0.2) is 11.2 Å². The summed E-state index contributed by atoms with van der Waals surface area (Å²) in [6.45, 7) is 2.33. The van der Waals surface area contributed by atoms with Gasteiger partial charge in [-0.05, 0) is 6.92 Å². The molecule has 0 unspecified atom stereocenters. The molecule has 7 heteroatoms. The molecule has 0 saturated heterocycles. The lowest BCUT2D eigenvalue weighted by Gasteiger charge is -2.09. The maximum atomic E-state index is 12.7. The number of nitrogens with zero attached hydrogens (tertiary/aromatic N) is 6. The number of hydrogen-bond acceptors (Lipinski definition) is 5. The molecule has 0 spiro atoms. The van der Waals surface area contributed by atoms with Crippen LogP contribution in [0, 0.1) is 0 Å². The van der Waals surface area contributed by atoms with E-state index in [-0.39, 0.29) is 11.1 Å². The predicted molar refractivity (Wildman–Crippen MR) is 94.5 cm³/mol. The smallest absolute Gasteiger partial charge is 0.283 e. The van der Waals surface area contributed by atoms with Crippen molar-refractivity contribution in [3.63, 3.8) is 0 Å². The molecule has 2 heterocycles. The Morgan fingerprint density at radius 2 is 1.96 bits per heavy atom. The molecule has 0 radical (unpaired) electrons. The molecular weight excluding hydrogens is 304 g/mol. The van der Waals surface area contributed by atoms with Gasteiger partial charge >= 0.3 is 0 Å². The zero-order valence-electron chi connectivity index (χ0n) is 13.8. The first-order chi connectivity index (χ1) is 11.6. The van der Waals surface area contributed by atoms with E-state index in [1.54, 1.807) is 17.4 Å². The highest BCUT2D eigenvalue weighted by atomic mass is 16.1. The Bertz CT molecular complexity index is 946. The molecule has 24 heavy (non-hydrogen) atoms. The molecule has 3 rings (SSSR count). The van der Waals surface area contributed by atoms with Gasteiger partial charge in [-0.25, -0.2) is 15.0 Å². The van der Waals surface area contributed by atoms with Gasteiger partial charge in [0.2, 0.25) is 5.95 Å². The van der Waals surface area contributed by atoms with Crippen LogP contribution in [0.2, 0.25) is 0 Å². The lowest BCUT2D eigenvalue weighted by molar-refractivity contribution is 0.639. The predicted octanol–water partition coefficient (Wildman–Crippen LogP) is 2.09. The summed E-state index contributed by atoms with van der Waals surface area (Å²) in [5.74, 6) is 0.325. The molecule has 0 bridgehead atoms. The topological polar surface area (TPSA) is 76.3 Å². The van der Waals surface area contributed by atoms with E-state index in [0.717, 1.165) is 5.56 Å². The second kappa shape index (κ2) is 6.57. The summed E-state index contributed by atoms with van der Waals surface area (Å²) >= 11 is 0. The highest BCUT2D eigenvalue weighted by Crippen LogP contribution is 2.18. The first-order valence-electron chi connectivity index (χ1n) is 7.63. The maximum Gasteiger partial charge on any atom is 0.283 e. The van der Waals surface area contributed by atoms with Crippen LogP contribution in [0.5, 0.6) is 0 Å². The molecule has 1 aromatic carbocycles. The lowest BCUT2D eigenvalue weighted by Crippen LogP contribution is -2.22. The number of aliphatic imine (C=N–C) groups is 1. The summed E-state index contributed by atoms with van der Waals surface area (Å²) in [6, 6.07) is 9.62. The van der Waals surface area contributed by atoms with Gasteiger partial charge < -0.3 is 4.90 Å². The number of aromatic nitrogens is 4. The average Bonchev–Trinajstić information content (AvgIpc) is 2.60. The average molecular weight is 322 g/mol. The Balaban J connectivity index is 2.19. The van der Waals surface area contributed by atoms with Crippen LogP contribution in [0.1, 0.15) is 6.92 Å². The van der Waals surface area contributed by atoms with Crippen molar-refractivity contribution < 1.29 is 0 Å². The van der Waals surface area contributed by atoms with Crippen molar-refractivity contribution in [1.29, 1.82) is 0 Å². The fraction of sp³-hybridized carbons (Fsp3) is 0.235. The van der Waals surface area contributed by atoms with Gasteiger partial charge in [-0.15, -0.1) is 0 Å². The van der Waals surface area contributed by atoms with E-state index in [1.165, 1.54) is 4.57 Å². The van der Waals surface area contributed by atoms with Crippen LogP contribution in [0.25, 0.3) is 22.4 Å². The van der Waals surface area contributed by atoms with Crippen LogP contribution in [0.3, 0.4) is 0 Å². The third kappa shape index (κ3) is 3.01. The first-order valence-corrected chi connectivity index (χ1v) is 7.63. The summed E-state index contributed by atoms with van der Waals surface area (Å²) < 4.78 is 1.49. The SMILES string of the molecule is CCn1c(/N=C/N(C)C)nc2ncc(-c3ccccc3)nc2c1=O. The molecule has 0 amide bonds. The molecule has 2 aromatic heterocycles. The monoisotopic (exact) mass is 322 g/mol. The summed E-state index contributed by atoms with van der Waals surface area (Å²) in [6.07, 6.45) is 3.23. The van der Waals surface area contributed by atoms with E-state index in [9.17, 15) is 4.79 Å². The van der Waals surface area contributed by atoms with Crippen LogP contribution in [0.15, 0.2) is 46.3 Å². The minimum absolute atomic E-state index is 0.237. The largest absolute Gasteiger partial charge is 0.369 e. The van der Waals surface area contributed by atoms with E-state index in [1.807, 2.05) is 51.4 Å². The Labute approximate surface area is 139 Å². The zero-order valence-corrected chi connectivity index (χ0v) is 13.8. The van der Waals surface area contributed by atoms with Crippen molar-refractivity contribution in [2.24, 2.45) is 4.99 Å². The fourth-order valence-corrected chi connectivity index (χ4v) is 2.28. The summed E-state index contributed by atoms with van der Waals surface area (Å²) in [5, 5.41) is 0. The lowest BCUT2D eigenvalue weighted by atomic mass is 10.2. The van der Waals surface area contributed by atoms with Crippen molar-refractivity contribution in [2.45, 2.75) is 13.5 Å². The van der Waals surface area contributed by atoms with Crippen LogP contribution in [0.4, 0.5) is 5.95 Å². The van der Waals surface area contributed by atoms with E-state index in [0.29, 0.717) is 23.8 Å². The van der Waals surface area contributed by atoms with Gasteiger partial charge in [0.05, 0.1) is 18.2 Å². The second-order valence-corrected chi connectivity index (χ2v) is 5.46. The normalized spacial score (nSPS) is 11.3. The van der Waals surface area contributed by atoms with Gasteiger partial charge in [-0.2, -0.15) is 4.98 Å². The molecule has 0 saturated carbocycles. The number of fused-ring (bicyclic) bond motifs is 1. The quantitative estimate of drug-likeness (QED) is 0.543. The highest BCUT2D eigenvalue weighted by Gasteiger charge is 2.13. The molecule has 0 N–H and O–H groups in total. The Morgan fingerprint density at radius 3 is 2.62 bits per heavy atom. The molecule has 122 valence electrons. The van der Waals surface area contributed by atoms with Crippen molar-refractivity contribution in [2.75, 3.05) is 14.1 Å². The molecule has 0 aliphatic carbocycles. The fourth-order valence-electron chi connectivity index (χ4n) is 2.28. The van der Waals surface area contributed by atoms with E-state index in [2.05, 4.69) is 19.9 Å². The molecule has 3 aromatic rings. The standard InChI is InChI=1S/C17H18N6O/c1-4-23-16(24)14-15(21-17(23)19-11-22(2)3)18-10-13(20-14)12-8-6-5-7-9-12/h5-11H,4H2,1-3H3/b19-11+. The van der Waals surface area contributed by atoms with Crippen molar-refractivity contribution in [3.8, 4) is 11.3 Å². The molecule has 7 nitrogen and oxygen atoms in total. The number of rotatable bonds is 4. The third-order valence-corrected chi connectivity index (χ3v) is 3.44. The van der Waals surface area contributed by atoms with Gasteiger partial charge in [-0.1, -0.05) is 30.3 Å². The zero-order chi connectivity index (χ0) is 17.1. The summed E-state index contributed by atoms with van der Waals surface area (Å²) in [7, 11) is 3.70.